The number of ether oxygens (including phenoxy) is 2. The van der Waals surface area contributed by atoms with Gasteiger partial charge in [-0.05, 0) is 26.7 Å². The number of rotatable bonds is 16. The second kappa shape index (κ2) is 16.1. The SMILES string of the molecule is CCCCNC(=O)N(CCC[Si](OC)(OC)OC)C(CC(=O)OCC)C(=O)OCC. The first kappa shape index (κ1) is 28.3. The van der Waals surface area contributed by atoms with Crippen molar-refractivity contribution in [1.29, 1.82) is 0 Å². The van der Waals surface area contributed by atoms with E-state index in [9.17, 15) is 14.4 Å². The van der Waals surface area contributed by atoms with Crippen molar-refractivity contribution in [2.75, 3.05) is 47.6 Å². The second-order valence-electron chi connectivity index (χ2n) is 6.45. The first-order valence-electron chi connectivity index (χ1n) is 10.4. The molecular formula is C19H38N2O8Si. The van der Waals surface area contributed by atoms with Crippen molar-refractivity contribution in [3.05, 3.63) is 0 Å². The van der Waals surface area contributed by atoms with E-state index in [2.05, 4.69) is 5.32 Å². The fourth-order valence-corrected chi connectivity index (χ4v) is 4.54. The summed E-state index contributed by atoms with van der Waals surface area (Å²) in [7, 11) is 1.69. The third-order valence-electron chi connectivity index (χ3n) is 4.48. The molecule has 10 nitrogen and oxygen atoms in total. The fraction of sp³-hybridized carbons (Fsp3) is 0.842. The minimum atomic E-state index is -2.84. The standard InChI is InChI=1S/C19H38N2O8Si/c1-7-10-12-20-19(24)21(13-11-14-30(25-4,26-5)27-6)16(18(23)29-9-3)15-17(22)28-8-2/h16H,7-15H2,1-6H3,(H,20,24). The zero-order valence-electron chi connectivity index (χ0n) is 19.2. The van der Waals surface area contributed by atoms with Crippen LogP contribution in [0.2, 0.25) is 6.04 Å². The second-order valence-corrected chi connectivity index (χ2v) is 9.55. The van der Waals surface area contributed by atoms with E-state index in [1.165, 1.54) is 26.2 Å². The molecule has 0 saturated heterocycles. The topological polar surface area (TPSA) is 113 Å². The molecule has 11 heteroatoms. The van der Waals surface area contributed by atoms with Crippen LogP contribution in [-0.2, 0) is 32.3 Å². The van der Waals surface area contributed by atoms with E-state index in [0.717, 1.165) is 12.8 Å². The Labute approximate surface area is 180 Å². The molecule has 0 aliphatic rings. The first-order valence-corrected chi connectivity index (χ1v) is 12.3. The van der Waals surface area contributed by atoms with Crippen molar-refractivity contribution in [3.8, 4) is 0 Å². The Balaban J connectivity index is 5.51. The molecule has 0 heterocycles. The number of esters is 2. The van der Waals surface area contributed by atoms with E-state index in [4.69, 9.17) is 22.8 Å². The molecule has 1 atom stereocenters. The highest BCUT2D eigenvalue weighted by Gasteiger charge is 2.39. The summed E-state index contributed by atoms with van der Waals surface area (Å²) in [5.41, 5.74) is 0. The number of carbonyl (C=O) groups is 3. The number of urea groups is 1. The van der Waals surface area contributed by atoms with Gasteiger partial charge in [-0.2, -0.15) is 0 Å². The van der Waals surface area contributed by atoms with Crippen LogP contribution in [0.1, 0.15) is 46.5 Å². The zero-order valence-corrected chi connectivity index (χ0v) is 20.2. The highest BCUT2D eigenvalue weighted by atomic mass is 28.4. The number of carbonyl (C=O) groups excluding carboxylic acids is 3. The maximum atomic E-state index is 12.8. The lowest BCUT2D eigenvalue weighted by atomic mass is 10.1. The summed E-state index contributed by atoms with van der Waals surface area (Å²) >= 11 is 0. The third-order valence-corrected chi connectivity index (χ3v) is 7.31. The molecule has 0 spiro atoms. The number of hydrogen-bond acceptors (Lipinski definition) is 8. The van der Waals surface area contributed by atoms with E-state index in [1.54, 1.807) is 13.8 Å². The quantitative estimate of drug-likeness (QED) is 0.216. The Morgan fingerprint density at radius 2 is 1.53 bits per heavy atom. The average molecular weight is 451 g/mol. The van der Waals surface area contributed by atoms with E-state index < -0.39 is 32.8 Å². The summed E-state index contributed by atoms with van der Waals surface area (Å²) in [6.07, 6.45) is 1.87. The lowest BCUT2D eigenvalue weighted by Gasteiger charge is -2.31. The summed E-state index contributed by atoms with van der Waals surface area (Å²) in [6.45, 7) is 6.32. The van der Waals surface area contributed by atoms with Gasteiger partial charge in [-0.25, -0.2) is 9.59 Å². The predicted octanol–water partition coefficient (Wildman–Crippen LogP) is 1.95. The normalized spacial score (nSPS) is 12.2. The smallest absolute Gasteiger partial charge is 0.466 e. The van der Waals surface area contributed by atoms with Crippen LogP contribution in [-0.4, -0.2) is 85.3 Å². The average Bonchev–Trinajstić information content (AvgIpc) is 2.73. The van der Waals surface area contributed by atoms with Crippen molar-refractivity contribution in [2.24, 2.45) is 0 Å². The Morgan fingerprint density at radius 3 is 2.03 bits per heavy atom. The van der Waals surface area contributed by atoms with Crippen LogP contribution in [0.5, 0.6) is 0 Å². The number of unbranched alkanes of at least 4 members (excludes halogenated alkanes) is 1. The lowest BCUT2D eigenvalue weighted by molar-refractivity contribution is -0.155. The van der Waals surface area contributed by atoms with Gasteiger partial charge >= 0.3 is 26.8 Å². The molecule has 0 rings (SSSR count). The van der Waals surface area contributed by atoms with Gasteiger partial charge in [0.15, 0.2) is 0 Å². The van der Waals surface area contributed by atoms with Crippen LogP contribution in [0.15, 0.2) is 0 Å². The number of nitrogens with zero attached hydrogens (tertiary/aromatic N) is 1. The van der Waals surface area contributed by atoms with Gasteiger partial charge in [0.2, 0.25) is 0 Å². The predicted molar refractivity (Wildman–Crippen MR) is 113 cm³/mol. The molecule has 0 aromatic heterocycles. The van der Waals surface area contributed by atoms with Gasteiger partial charge in [-0.1, -0.05) is 13.3 Å². The maximum Gasteiger partial charge on any atom is 0.500 e. The molecule has 0 saturated carbocycles. The van der Waals surface area contributed by atoms with Gasteiger partial charge in [0, 0.05) is 40.5 Å². The molecule has 0 aliphatic carbocycles. The molecule has 2 amide bonds. The molecular weight excluding hydrogens is 412 g/mol. The molecule has 0 aromatic carbocycles. The van der Waals surface area contributed by atoms with E-state index in [0.29, 0.717) is 19.0 Å². The summed E-state index contributed by atoms with van der Waals surface area (Å²) < 4.78 is 26.3. The molecule has 0 bridgehead atoms. The number of amides is 2. The molecule has 1 N–H and O–H groups in total. The highest BCUT2D eigenvalue weighted by Crippen LogP contribution is 2.18. The summed E-state index contributed by atoms with van der Waals surface area (Å²) in [5, 5.41) is 2.80. The number of hydrogen-bond donors (Lipinski definition) is 1. The molecule has 0 radical (unpaired) electrons. The van der Waals surface area contributed by atoms with Crippen molar-refractivity contribution >= 4 is 26.8 Å². The van der Waals surface area contributed by atoms with Crippen molar-refractivity contribution < 1.29 is 37.1 Å². The summed E-state index contributed by atoms with van der Waals surface area (Å²) in [6, 6.07) is -1.09. The maximum absolute atomic E-state index is 12.8. The van der Waals surface area contributed by atoms with Crippen LogP contribution in [0, 0.1) is 0 Å². The Kier molecular flexibility index (Phi) is 15.2. The van der Waals surface area contributed by atoms with E-state index in [1.807, 2.05) is 6.92 Å². The lowest BCUT2D eigenvalue weighted by Crippen LogP contribution is -2.52. The van der Waals surface area contributed by atoms with Crippen LogP contribution in [0.25, 0.3) is 0 Å². The van der Waals surface area contributed by atoms with Gasteiger partial charge in [0.05, 0.1) is 19.6 Å². The van der Waals surface area contributed by atoms with E-state index in [-0.39, 0.29) is 26.2 Å². The van der Waals surface area contributed by atoms with Crippen LogP contribution < -0.4 is 5.32 Å². The minimum Gasteiger partial charge on any atom is -0.466 e. The van der Waals surface area contributed by atoms with Crippen LogP contribution in [0.3, 0.4) is 0 Å². The minimum absolute atomic E-state index is 0.135. The highest BCUT2D eigenvalue weighted by molar-refractivity contribution is 6.60. The molecule has 176 valence electrons. The molecule has 30 heavy (non-hydrogen) atoms. The zero-order chi connectivity index (χ0) is 23.0. The van der Waals surface area contributed by atoms with Crippen molar-refractivity contribution in [1.82, 2.24) is 10.2 Å². The van der Waals surface area contributed by atoms with Gasteiger partial charge in [-0.3, -0.25) is 4.79 Å². The third kappa shape index (κ3) is 9.87. The molecule has 0 aliphatic heterocycles. The van der Waals surface area contributed by atoms with E-state index >= 15 is 0 Å². The van der Waals surface area contributed by atoms with Crippen molar-refractivity contribution in [3.63, 3.8) is 0 Å². The molecule has 0 aromatic rings. The van der Waals surface area contributed by atoms with Crippen molar-refractivity contribution in [2.45, 2.75) is 58.5 Å². The van der Waals surface area contributed by atoms with Gasteiger partial charge in [-0.15, -0.1) is 0 Å². The Morgan fingerprint density at radius 1 is 0.933 bits per heavy atom. The number of nitrogens with one attached hydrogen (secondary N) is 1. The molecule has 1 unspecified atom stereocenters. The van der Waals surface area contributed by atoms with Gasteiger partial charge in [0.25, 0.3) is 0 Å². The Bertz CT molecular complexity index is 508. The fourth-order valence-electron chi connectivity index (χ4n) is 2.83. The van der Waals surface area contributed by atoms with Crippen LogP contribution in [0.4, 0.5) is 4.79 Å². The summed E-state index contributed by atoms with van der Waals surface area (Å²) in [5.74, 6) is -1.22. The Hall–Kier alpha value is -1.69. The molecule has 0 fully saturated rings. The summed E-state index contributed by atoms with van der Waals surface area (Å²) in [4.78, 5) is 38.8. The monoisotopic (exact) mass is 450 g/mol. The first-order chi connectivity index (χ1) is 14.3. The van der Waals surface area contributed by atoms with Gasteiger partial charge in [0.1, 0.15) is 6.04 Å². The van der Waals surface area contributed by atoms with Crippen LogP contribution >= 0.6 is 0 Å². The largest absolute Gasteiger partial charge is 0.500 e. The van der Waals surface area contributed by atoms with Gasteiger partial charge < -0.3 is 33.0 Å².